The van der Waals surface area contributed by atoms with E-state index in [4.69, 9.17) is 10.5 Å². The van der Waals surface area contributed by atoms with Gasteiger partial charge in [-0.05, 0) is 47.7 Å². The fourth-order valence-electron chi connectivity index (χ4n) is 3.49. The zero-order valence-electron chi connectivity index (χ0n) is 12.2. The van der Waals surface area contributed by atoms with Crippen LogP contribution in [0.15, 0.2) is 41.5 Å². The van der Waals surface area contributed by atoms with Crippen LogP contribution in [0.25, 0.3) is 11.3 Å². The van der Waals surface area contributed by atoms with Crippen LogP contribution in [0.1, 0.15) is 17.5 Å². The molecule has 0 saturated carbocycles. The first kappa shape index (κ1) is 12.5. The first-order valence-corrected chi connectivity index (χ1v) is 7.37. The summed E-state index contributed by atoms with van der Waals surface area (Å²) in [6, 6.07) is 11.3. The summed E-state index contributed by atoms with van der Waals surface area (Å²) in [5.74, 6) is 0. The Balaban J connectivity index is 1.73. The van der Waals surface area contributed by atoms with Gasteiger partial charge in [0.05, 0.1) is 0 Å². The van der Waals surface area contributed by atoms with Crippen molar-refractivity contribution in [3.8, 4) is 11.3 Å². The van der Waals surface area contributed by atoms with Crippen LogP contribution in [-0.2, 0) is 24.6 Å². The minimum Gasteiger partial charge on any atom is -0.463 e. The van der Waals surface area contributed by atoms with E-state index in [1.54, 1.807) is 0 Å². The SMILES string of the molecule is Cn1cccc1-c1ccc2c(c1)CC1(CC2)COC(N)=N1. The molecule has 1 aliphatic carbocycles. The van der Waals surface area contributed by atoms with E-state index in [-0.39, 0.29) is 5.54 Å². The lowest BCUT2D eigenvalue weighted by Gasteiger charge is -2.30. The molecule has 21 heavy (non-hydrogen) atoms. The van der Waals surface area contributed by atoms with Gasteiger partial charge in [-0.1, -0.05) is 12.1 Å². The zero-order chi connectivity index (χ0) is 14.4. The molecule has 0 radical (unpaired) electrons. The molecule has 2 heterocycles. The first-order chi connectivity index (χ1) is 10.2. The molecule has 1 aromatic carbocycles. The molecule has 2 aromatic rings. The highest BCUT2D eigenvalue weighted by Crippen LogP contribution is 2.36. The van der Waals surface area contributed by atoms with Gasteiger partial charge in [0, 0.05) is 25.4 Å². The van der Waals surface area contributed by atoms with Crippen molar-refractivity contribution < 1.29 is 4.74 Å². The van der Waals surface area contributed by atoms with Gasteiger partial charge in [-0.25, -0.2) is 4.99 Å². The Morgan fingerprint density at radius 2 is 2.19 bits per heavy atom. The number of hydrogen-bond acceptors (Lipinski definition) is 3. The largest absolute Gasteiger partial charge is 0.463 e. The quantitative estimate of drug-likeness (QED) is 0.871. The molecule has 2 aliphatic rings. The van der Waals surface area contributed by atoms with Gasteiger partial charge in [0.25, 0.3) is 6.02 Å². The van der Waals surface area contributed by atoms with E-state index >= 15 is 0 Å². The number of aromatic nitrogens is 1. The van der Waals surface area contributed by atoms with Gasteiger partial charge in [0.1, 0.15) is 12.1 Å². The number of ether oxygens (including phenoxy) is 1. The number of aryl methyl sites for hydroxylation is 2. The molecule has 4 nitrogen and oxygen atoms in total. The van der Waals surface area contributed by atoms with Crippen LogP contribution in [-0.4, -0.2) is 22.7 Å². The van der Waals surface area contributed by atoms with Crippen molar-refractivity contribution in [1.29, 1.82) is 0 Å². The van der Waals surface area contributed by atoms with E-state index in [9.17, 15) is 0 Å². The fourth-order valence-corrected chi connectivity index (χ4v) is 3.49. The average molecular weight is 281 g/mol. The highest BCUT2D eigenvalue weighted by Gasteiger charge is 2.39. The number of nitrogens with zero attached hydrogens (tertiary/aromatic N) is 2. The first-order valence-electron chi connectivity index (χ1n) is 7.37. The molecule has 2 N–H and O–H groups in total. The average Bonchev–Trinajstić information content (AvgIpc) is 3.05. The summed E-state index contributed by atoms with van der Waals surface area (Å²) >= 11 is 0. The van der Waals surface area contributed by atoms with Gasteiger partial charge in [0.2, 0.25) is 0 Å². The maximum absolute atomic E-state index is 5.71. The van der Waals surface area contributed by atoms with Gasteiger partial charge >= 0.3 is 0 Å². The summed E-state index contributed by atoms with van der Waals surface area (Å²) in [7, 11) is 2.08. The maximum Gasteiger partial charge on any atom is 0.282 e. The van der Waals surface area contributed by atoms with Gasteiger partial charge in [-0.2, -0.15) is 0 Å². The summed E-state index contributed by atoms with van der Waals surface area (Å²) in [5, 5.41) is 0. The van der Waals surface area contributed by atoms with Crippen molar-refractivity contribution in [2.75, 3.05) is 6.61 Å². The topological polar surface area (TPSA) is 52.5 Å². The van der Waals surface area contributed by atoms with E-state index in [1.807, 2.05) is 0 Å². The highest BCUT2D eigenvalue weighted by molar-refractivity contribution is 5.74. The van der Waals surface area contributed by atoms with Gasteiger partial charge in [-0.3, -0.25) is 0 Å². The second kappa shape index (κ2) is 4.38. The number of rotatable bonds is 1. The van der Waals surface area contributed by atoms with Crippen molar-refractivity contribution in [2.45, 2.75) is 24.8 Å². The summed E-state index contributed by atoms with van der Waals surface area (Å²) in [6.07, 6.45) is 5.06. The predicted molar refractivity (Wildman–Crippen MR) is 83.2 cm³/mol. The lowest BCUT2D eigenvalue weighted by Crippen LogP contribution is -2.35. The van der Waals surface area contributed by atoms with Crippen molar-refractivity contribution in [1.82, 2.24) is 4.57 Å². The second-order valence-electron chi connectivity index (χ2n) is 6.13. The van der Waals surface area contributed by atoms with E-state index < -0.39 is 0 Å². The van der Waals surface area contributed by atoms with Crippen LogP contribution in [0, 0.1) is 0 Å². The summed E-state index contributed by atoms with van der Waals surface area (Å²) < 4.78 is 7.55. The standard InChI is InChI=1S/C17H19N3O/c1-20-8-2-3-15(20)13-5-4-12-6-7-17(10-14(12)9-13)11-21-16(18)19-17/h2-5,8-9H,6-7,10-11H2,1H3,(H2,18,19). The Labute approximate surface area is 124 Å². The number of aliphatic imine (C=N–C) groups is 1. The number of benzene rings is 1. The minimum atomic E-state index is -0.135. The predicted octanol–water partition coefficient (Wildman–Crippen LogP) is 2.26. The van der Waals surface area contributed by atoms with Crippen LogP contribution in [0.3, 0.4) is 0 Å². The molecule has 108 valence electrons. The molecular weight excluding hydrogens is 262 g/mol. The summed E-state index contributed by atoms with van der Waals surface area (Å²) in [4.78, 5) is 4.56. The fraction of sp³-hybridized carbons (Fsp3) is 0.353. The number of fused-ring (bicyclic) bond motifs is 1. The molecule has 1 aromatic heterocycles. The Kier molecular flexibility index (Phi) is 2.61. The van der Waals surface area contributed by atoms with Crippen molar-refractivity contribution in [2.24, 2.45) is 17.8 Å². The highest BCUT2D eigenvalue weighted by atomic mass is 16.5. The second-order valence-corrected chi connectivity index (χ2v) is 6.13. The zero-order valence-corrected chi connectivity index (χ0v) is 12.2. The van der Waals surface area contributed by atoms with Crippen LogP contribution in [0.4, 0.5) is 0 Å². The number of amidine groups is 1. The normalized spacial score (nSPS) is 23.8. The molecule has 4 heteroatoms. The van der Waals surface area contributed by atoms with E-state index in [2.05, 4.69) is 53.1 Å². The molecule has 0 bridgehead atoms. The molecule has 0 fully saturated rings. The van der Waals surface area contributed by atoms with Crippen molar-refractivity contribution in [3.63, 3.8) is 0 Å². The molecule has 1 unspecified atom stereocenters. The van der Waals surface area contributed by atoms with Gasteiger partial charge < -0.3 is 15.0 Å². The van der Waals surface area contributed by atoms with E-state index in [0.29, 0.717) is 12.6 Å². The summed E-state index contributed by atoms with van der Waals surface area (Å²) in [5.41, 5.74) is 10.9. The maximum atomic E-state index is 5.71. The van der Waals surface area contributed by atoms with Crippen LogP contribution >= 0.6 is 0 Å². The molecule has 0 amide bonds. The summed E-state index contributed by atoms with van der Waals surface area (Å²) in [6.45, 7) is 0.618. The molecular formula is C17H19N3O. The number of nitrogens with two attached hydrogens (primary N) is 1. The third-order valence-corrected chi connectivity index (χ3v) is 4.66. The van der Waals surface area contributed by atoms with E-state index in [1.165, 1.54) is 22.4 Å². The van der Waals surface area contributed by atoms with Crippen LogP contribution in [0.2, 0.25) is 0 Å². The van der Waals surface area contributed by atoms with E-state index in [0.717, 1.165) is 19.3 Å². The Hall–Kier alpha value is -2.23. The third-order valence-electron chi connectivity index (χ3n) is 4.66. The molecule has 1 aliphatic heterocycles. The molecule has 0 saturated heterocycles. The third kappa shape index (κ3) is 2.02. The minimum absolute atomic E-state index is 0.135. The van der Waals surface area contributed by atoms with Crippen LogP contribution < -0.4 is 5.73 Å². The Morgan fingerprint density at radius 3 is 2.90 bits per heavy atom. The van der Waals surface area contributed by atoms with Crippen molar-refractivity contribution >= 4 is 6.02 Å². The molecule has 4 rings (SSSR count). The van der Waals surface area contributed by atoms with Gasteiger partial charge in [-0.15, -0.1) is 0 Å². The molecule has 1 spiro atoms. The lowest BCUT2D eigenvalue weighted by molar-refractivity contribution is 0.235. The number of hydrogen-bond donors (Lipinski definition) is 1. The van der Waals surface area contributed by atoms with Crippen molar-refractivity contribution in [3.05, 3.63) is 47.7 Å². The molecule has 1 atom stereocenters. The smallest absolute Gasteiger partial charge is 0.282 e. The lowest BCUT2D eigenvalue weighted by atomic mass is 9.78. The monoisotopic (exact) mass is 281 g/mol. The van der Waals surface area contributed by atoms with Gasteiger partial charge in [0.15, 0.2) is 0 Å². The van der Waals surface area contributed by atoms with Crippen LogP contribution in [0.5, 0.6) is 0 Å². The Bertz CT molecular complexity index is 731. The Morgan fingerprint density at radius 1 is 1.29 bits per heavy atom.